The summed E-state index contributed by atoms with van der Waals surface area (Å²) in [5.74, 6) is 0.441. The third-order valence-electron chi connectivity index (χ3n) is 3.07. The fraction of sp³-hybridized carbons (Fsp3) is 0.636. The summed E-state index contributed by atoms with van der Waals surface area (Å²) >= 11 is 5.58. The van der Waals surface area contributed by atoms with Gasteiger partial charge in [-0.05, 0) is 6.07 Å². The monoisotopic (exact) mass is 257 g/mol. The summed E-state index contributed by atoms with van der Waals surface area (Å²) in [6, 6.07) is 1.96. The van der Waals surface area contributed by atoms with Crippen LogP contribution in [0.3, 0.4) is 0 Å². The zero-order valence-electron chi connectivity index (χ0n) is 9.75. The van der Waals surface area contributed by atoms with Gasteiger partial charge in [0.05, 0.1) is 12.1 Å². The minimum Gasteiger partial charge on any atom is -0.377 e. The Balaban J connectivity index is 2.06. The molecular weight excluding hydrogens is 242 g/mol. The lowest BCUT2D eigenvalue weighted by molar-refractivity contribution is -0.130. The Morgan fingerprint density at radius 1 is 1.59 bits per heavy atom. The number of nitrogens with zero attached hydrogens (tertiary/aromatic N) is 3. The summed E-state index contributed by atoms with van der Waals surface area (Å²) in [6.45, 7) is 1.24. The zero-order valence-corrected chi connectivity index (χ0v) is 10.5. The van der Waals surface area contributed by atoms with E-state index >= 15 is 0 Å². The lowest BCUT2D eigenvalue weighted by Gasteiger charge is -2.16. The maximum atomic E-state index is 11.8. The molecule has 1 aromatic heterocycles. The van der Waals surface area contributed by atoms with Gasteiger partial charge < -0.3 is 9.64 Å². The number of aromatic nitrogens is 2. The van der Waals surface area contributed by atoms with Gasteiger partial charge in [-0.3, -0.25) is 9.48 Å². The number of alkyl halides is 1. The number of likely N-dealkylation sites (tertiary alicyclic amines) is 1. The second kappa shape index (κ2) is 5.51. The molecule has 1 fully saturated rings. The molecule has 1 aromatic rings. The molecule has 0 unspecified atom stereocenters. The molecule has 0 spiro atoms. The number of halogens is 1. The Hall–Kier alpha value is -1.07. The van der Waals surface area contributed by atoms with Crippen molar-refractivity contribution < 1.29 is 9.53 Å². The van der Waals surface area contributed by atoms with E-state index in [1.165, 1.54) is 0 Å². The van der Waals surface area contributed by atoms with Crippen LogP contribution in [0.2, 0.25) is 0 Å². The van der Waals surface area contributed by atoms with Crippen molar-refractivity contribution in [2.24, 2.45) is 0 Å². The Morgan fingerprint density at radius 2 is 2.41 bits per heavy atom. The summed E-state index contributed by atoms with van der Waals surface area (Å²) in [5.41, 5.74) is 0. The van der Waals surface area contributed by atoms with E-state index in [9.17, 15) is 4.79 Å². The Kier molecular flexibility index (Phi) is 4.02. The van der Waals surface area contributed by atoms with Crippen molar-refractivity contribution in [1.82, 2.24) is 14.7 Å². The molecule has 1 aliphatic rings. The van der Waals surface area contributed by atoms with Crippen molar-refractivity contribution in [2.75, 3.05) is 26.1 Å². The summed E-state index contributed by atoms with van der Waals surface area (Å²) in [5, 5.41) is 4.21. The van der Waals surface area contributed by atoms with Crippen molar-refractivity contribution >= 4 is 17.5 Å². The van der Waals surface area contributed by atoms with Gasteiger partial charge in [0.1, 0.15) is 0 Å². The first kappa shape index (κ1) is 12.4. The van der Waals surface area contributed by atoms with Crippen LogP contribution in [-0.2, 0) is 9.53 Å². The van der Waals surface area contributed by atoms with E-state index in [0.717, 1.165) is 0 Å². The number of hydrogen-bond donors (Lipinski definition) is 0. The van der Waals surface area contributed by atoms with Gasteiger partial charge in [0.2, 0.25) is 5.91 Å². The van der Waals surface area contributed by atoms with Gasteiger partial charge in [0.25, 0.3) is 0 Å². The second-order valence-corrected chi connectivity index (χ2v) is 4.44. The van der Waals surface area contributed by atoms with Crippen LogP contribution >= 0.6 is 11.6 Å². The van der Waals surface area contributed by atoms with Crippen LogP contribution in [-0.4, -0.2) is 52.8 Å². The second-order valence-electron chi connectivity index (χ2n) is 4.07. The molecule has 0 aromatic carbocycles. The van der Waals surface area contributed by atoms with Gasteiger partial charge >= 0.3 is 0 Å². The highest BCUT2D eigenvalue weighted by Crippen LogP contribution is 2.24. The van der Waals surface area contributed by atoms with E-state index in [2.05, 4.69) is 5.10 Å². The molecule has 0 saturated carbocycles. The molecule has 5 nitrogen and oxygen atoms in total. The van der Waals surface area contributed by atoms with Gasteiger partial charge in [0.15, 0.2) is 0 Å². The summed E-state index contributed by atoms with van der Waals surface area (Å²) in [7, 11) is 1.66. The summed E-state index contributed by atoms with van der Waals surface area (Å²) < 4.78 is 7.27. The van der Waals surface area contributed by atoms with Crippen LogP contribution in [0.1, 0.15) is 12.5 Å². The highest BCUT2D eigenvalue weighted by Gasteiger charge is 2.36. The largest absolute Gasteiger partial charge is 0.377 e. The highest BCUT2D eigenvalue weighted by atomic mass is 35.5. The average Bonchev–Trinajstić information content (AvgIpc) is 2.97. The molecular formula is C11H16ClN3O2. The van der Waals surface area contributed by atoms with Crippen LogP contribution < -0.4 is 0 Å². The van der Waals surface area contributed by atoms with Gasteiger partial charge in [-0.25, -0.2) is 0 Å². The van der Waals surface area contributed by atoms with E-state index in [-0.39, 0.29) is 18.1 Å². The van der Waals surface area contributed by atoms with Crippen LogP contribution in [0.15, 0.2) is 18.5 Å². The lowest BCUT2D eigenvalue weighted by atomic mass is 10.2. The Morgan fingerprint density at radius 3 is 3.00 bits per heavy atom. The van der Waals surface area contributed by atoms with E-state index in [0.29, 0.717) is 25.4 Å². The van der Waals surface area contributed by atoms with Crippen LogP contribution in [0.5, 0.6) is 0 Å². The molecule has 2 atom stereocenters. The smallest absolute Gasteiger partial charge is 0.223 e. The van der Waals surface area contributed by atoms with Gasteiger partial charge in [-0.2, -0.15) is 5.10 Å². The predicted octanol–water partition coefficient (Wildman–Crippen LogP) is 0.910. The van der Waals surface area contributed by atoms with E-state index < -0.39 is 0 Å². The highest BCUT2D eigenvalue weighted by molar-refractivity contribution is 6.18. The first-order valence-corrected chi connectivity index (χ1v) is 6.15. The average molecular weight is 258 g/mol. The number of hydrogen-bond acceptors (Lipinski definition) is 3. The fourth-order valence-corrected chi connectivity index (χ4v) is 2.32. The molecule has 6 heteroatoms. The van der Waals surface area contributed by atoms with Gasteiger partial charge in [-0.15, -0.1) is 11.6 Å². The van der Waals surface area contributed by atoms with E-state index in [1.807, 2.05) is 16.9 Å². The van der Waals surface area contributed by atoms with Gasteiger partial charge in [0, 0.05) is 44.9 Å². The van der Waals surface area contributed by atoms with Crippen LogP contribution in [0.4, 0.5) is 0 Å². The molecule has 2 heterocycles. The molecule has 0 radical (unpaired) electrons. The third-order valence-corrected chi connectivity index (χ3v) is 3.25. The summed E-state index contributed by atoms with van der Waals surface area (Å²) in [6.07, 6.45) is 4.00. The van der Waals surface area contributed by atoms with E-state index in [1.54, 1.807) is 18.2 Å². The lowest BCUT2D eigenvalue weighted by Crippen LogP contribution is -2.29. The van der Waals surface area contributed by atoms with Crippen molar-refractivity contribution in [3.8, 4) is 0 Å². The molecule has 94 valence electrons. The molecule has 1 amide bonds. The topological polar surface area (TPSA) is 47.4 Å². The number of methoxy groups -OCH3 is 1. The number of carbonyl (C=O) groups excluding carboxylic acids is 1. The minimum atomic E-state index is -0.00539. The van der Waals surface area contributed by atoms with Crippen LogP contribution in [0, 0.1) is 0 Å². The minimum absolute atomic E-state index is 0.00539. The quantitative estimate of drug-likeness (QED) is 0.754. The SMILES string of the molecule is CO[C@@H]1CN(C(=O)CCCl)C[C@H]1n1cccn1. The van der Waals surface area contributed by atoms with Crippen molar-refractivity contribution in [3.05, 3.63) is 18.5 Å². The number of ether oxygens (including phenoxy) is 1. The van der Waals surface area contributed by atoms with Crippen molar-refractivity contribution in [1.29, 1.82) is 0 Å². The summed E-state index contributed by atoms with van der Waals surface area (Å²) in [4.78, 5) is 13.6. The standard InChI is InChI=1S/C11H16ClN3O2/c1-17-10-8-14(11(16)3-4-12)7-9(10)15-6-2-5-13-15/h2,5-6,9-10H,3-4,7-8H2,1H3/t9-,10-/m1/s1. The Bertz CT molecular complexity index is 369. The predicted molar refractivity (Wildman–Crippen MR) is 64.0 cm³/mol. The zero-order chi connectivity index (χ0) is 12.3. The molecule has 0 bridgehead atoms. The normalized spacial score (nSPS) is 24.2. The fourth-order valence-electron chi connectivity index (χ4n) is 2.16. The molecule has 0 aliphatic carbocycles. The molecule has 2 rings (SSSR count). The van der Waals surface area contributed by atoms with Gasteiger partial charge in [-0.1, -0.05) is 0 Å². The molecule has 1 saturated heterocycles. The molecule has 0 N–H and O–H groups in total. The van der Waals surface area contributed by atoms with Crippen molar-refractivity contribution in [3.63, 3.8) is 0 Å². The number of carbonyl (C=O) groups is 1. The maximum Gasteiger partial charge on any atom is 0.223 e. The first-order valence-electron chi connectivity index (χ1n) is 5.62. The maximum absolute atomic E-state index is 11.8. The number of amides is 1. The molecule has 1 aliphatic heterocycles. The first-order chi connectivity index (χ1) is 8.26. The Labute approximate surface area is 105 Å². The molecule has 17 heavy (non-hydrogen) atoms. The third kappa shape index (κ3) is 2.61. The van der Waals surface area contributed by atoms with Crippen molar-refractivity contribution in [2.45, 2.75) is 18.6 Å². The van der Waals surface area contributed by atoms with E-state index in [4.69, 9.17) is 16.3 Å². The number of rotatable bonds is 4. The van der Waals surface area contributed by atoms with Crippen LogP contribution in [0.25, 0.3) is 0 Å².